The Labute approximate surface area is 207 Å². The highest BCUT2D eigenvalue weighted by Crippen LogP contribution is 2.50. The molecule has 1 saturated heterocycles. The van der Waals surface area contributed by atoms with Gasteiger partial charge in [-0.05, 0) is 41.5 Å². The van der Waals surface area contributed by atoms with Crippen molar-refractivity contribution >= 4 is 33.2 Å². The summed E-state index contributed by atoms with van der Waals surface area (Å²) in [5.41, 5.74) is 4.37. The van der Waals surface area contributed by atoms with E-state index in [1.165, 1.54) is 11.1 Å². The molecule has 168 valence electrons. The van der Waals surface area contributed by atoms with Crippen molar-refractivity contribution in [3.05, 3.63) is 99.0 Å². The van der Waals surface area contributed by atoms with Crippen molar-refractivity contribution in [2.75, 3.05) is 13.1 Å². The molecule has 0 bridgehead atoms. The number of nitrogens with zero attached hydrogens (tertiary/aromatic N) is 3. The van der Waals surface area contributed by atoms with Crippen molar-refractivity contribution in [2.45, 2.75) is 37.6 Å². The van der Waals surface area contributed by atoms with Crippen LogP contribution >= 0.6 is 27.5 Å². The summed E-state index contributed by atoms with van der Waals surface area (Å²) in [7, 11) is 0. The molecule has 1 spiro atoms. The average Bonchev–Trinajstić information content (AvgIpc) is 3.29. The lowest BCUT2D eigenvalue weighted by molar-refractivity contribution is -0.150. The second-order valence-electron chi connectivity index (χ2n) is 9.11. The number of hydrazone groups is 1. The van der Waals surface area contributed by atoms with E-state index in [-0.39, 0.29) is 6.04 Å². The lowest BCUT2D eigenvalue weighted by Gasteiger charge is -2.51. The van der Waals surface area contributed by atoms with Gasteiger partial charge in [0.25, 0.3) is 0 Å². The molecule has 3 aliphatic rings. The van der Waals surface area contributed by atoms with Crippen LogP contribution < -0.4 is 4.74 Å². The van der Waals surface area contributed by atoms with Crippen LogP contribution in [0.2, 0.25) is 5.02 Å². The molecular formula is C27H25BrClN3O. The van der Waals surface area contributed by atoms with Crippen molar-refractivity contribution < 1.29 is 4.74 Å². The molecule has 3 heterocycles. The Morgan fingerprint density at radius 1 is 1.00 bits per heavy atom. The van der Waals surface area contributed by atoms with Gasteiger partial charge in [0.05, 0.1) is 11.8 Å². The van der Waals surface area contributed by atoms with Gasteiger partial charge >= 0.3 is 0 Å². The van der Waals surface area contributed by atoms with Crippen LogP contribution in [0, 0.1) is 0 Å². The number of benzene rings is 3. The molecule has 4 nitrogen and oxygen atoms in total. The van der Waals surface area contributed by atoms with Gasteiger partial charge in [-0.1, -0.05) is 70.0 Å². The van der Waals surface area contributed by atoms with Gasteiger partial charge in [0, 0.05) is 54.0 Å². The molecular weight excluding hydrogens is 498 g/mol. The predicted molar refractivity (Wildman–Crippen MR) is 136 cm³/mol. The minimum Gasteiger partial charge on any atom is -0.466 e. The molecule has 3 aromatic carbocycles. The van der Waals surface area contributed by atoms with Gasteiger partial charge in [0.1, 0.15) is 5.75 Å². The lowest BCUT2D eigenvalue weighted by Crippen LogP contribution is -2.59. The topological polar surface area (TPSA) is 28.1 Å². The van der Waals surface area contributed by atoms with E-state index in [0.717, 1.165) is 65.4 Å². The molecule has 1 atom stereocenters. The zero-order valence-electron chi connectivity index (χ0n) is 18.3. The Hall–Kier alpha value is -2.34. The third-order valence-corrected chi connectivity index (χ3v) is 7.77. The molecule has 6 heteroatoms. The summed E-state index contributed by atoms with van der Waals surface area (Å²) in [4.78, 5) is 2.52. The zero-order chi connectivity index (χ0) is 22.4. The largest absolute Gasteiger partial charge is 0.466 e. The van der Waals surface area contributed by atoms with Crippen LogP contribution in [0.25, 0.3) is 0 Å². The first-order valence-electron chi connectivity index (χ1n) is 11.5. The maximum atomic E-state index is 6.78. The third-order valence-electron chi connectivity index (χ3n) is 7.02. The Balaban J connectivity index is 1.31. The van der Waals surface area contributed by atoms with Crippen molar-refractivity contribution in [3.63, 3.8) is 0 Å². The van der Waals surface area contributed by atoms with E-state index in [4.69, 9.17) is 21.4 Å². The lowest BCUT2D eigenvalue weighted by atomic mass is 9.90. The van der Waals surface area contributed by atoms with E-state index in [1.54, 1.807) is 0 Å². The maximum Gasteiger partial charge on any atom is 0.200 e. The van der Waals surface area contributed by atoms with E-state index in [2.05, 4.69) is 86.5 Å². The van der Waals surface area contributed by atoms with Crippen LogP contribution in [0.5, 0.6) is 5.75 Å². The van der Waals surface area contributed by atoms with Crippen LogP contribution in [0.1, 0.15) is 42.0 Å². The number of halogens is 2. The van der Waals surface area contributed by atoms with Gasteiger partial charge < -0.3 is 4.74 Å². The Kier molecular flexibility index (Phi) is 5.44. The average molecular weight is 523 g/mol. The first-order valence-corrected chi connectivity index (χ1v) is 12.6. The molecule has 0 N–H and O–H groups in total. The van der Waals surface area contributed by atoms with Crippen molar-refractivity contribution in [1.82, 2.24) is 9.91 Å². The molecule has 0 unspecified atom stereocenters. The summed E-state index contributed by atoms with van der Waals surface area (Å²) >= 11 is 9.78. The standard InChI is InChI=1S/C27H25BrClN3O/c28-21-8-11-26-23(16-21)25-17-24(20-6-9-22(29)10-7-20)30-32(25)27(33-26)12-14-31(15-13-27)18-19-4-2-1-3-5-19/h1-11,16,25H,12-15,17-18H2/t25-/m0/s1. The van der Waals surface area contributed by atoms with Crippen LogP contribution in [0.4, 0.5) is 0 Å². The Morgan fingerprint density at radius 3 is 2.52 bits per heavy atom. The second kappa shape index (κ2) is 8.46. The minimum atomic E-state index is -0.410. The fraction of sp³-hybridized carbons (Fsp3) is 0.296. The summed E-state index contributed by atoms with van der Waals surface area (Å²) in [5, 5.41) is 8.19. The molecule has 3 aromatic rings. The zero-order valence-corrected chi connectivity index (χ0v) is 20.6. The first kappa shape index (κ1) is 21.2. The Morgan fingerprint density at radius 2 is 1.76 bits per heavy atom. The van der Waals surface area contributed by atoms with Crippen LogP contribution in [0.3, 0.4) is 0 Å². The fourth-order valence-corrected chi connectivity index (χ4v) is 5.81. The number of hydrogen-bond donors (Lipinski definition) is 0. The smallest absolute Gasteiger partial charge is 0.200 e. The first-order chi connectivity index (χ1) is 16.1. The van der Waals surface area contributed by atoms with E-state index in [9.17, 15) is 0 Å². The number of rotatable bonds is 3. The van der Waals surface area contributed by atoms with Gasteiger partial charge in [-0.3, -0.25) is 4.90 Å². The highest BCUT2D eigenvalue weighted by atomic mass is 79.9. The molecule has 0 radical (unpaired) electrons. The third kappa shape index (κ3) is 3.96. The van der Waals surface area contributed by atoms with Gasteiger partial charge in [0.2, 0.25) is 5.72 Å². The van der Waals surface area contributed by atoms with Crippen LogP contribution in [0.15, 0.2) is 82.4 Å². The summed E-state index contributed by atoms with van der Waals surface area (Å²) < 4.78 is 7.85. The highest BCUT2D eigenvalue weighted by Gasteiger charge is 2.51. The summed E-state index contributed by atoms with van der Waals surface area (Å²) in [6.45, 7) is 2.94. The molecule has 0 aliphatic carbocycles. The van der Waals surface area contributed by atoms with Gasteiger partial charge in [-0.25, -0.2) is 5.01 Å². The van der Waals surface area contributed by atoms with E-state index in [0.29, 0.717) is 0 Å². The van der Waals surface area contributed by atoms with Gasteiger partial charge in [-0.15, -0.1) is 0 Å². The quantitative estimate of drug-likeness (QED) is 0.386. The number of piperidine rings is 1. The number of ether oxygens (including phenoxy) is 1. The van der Waals surface area contributed by atoms with Crippen molar-refractivity contribution in [1.29, 1.82) is 0 Å². The molecule has 0 aromatic heterocycles. The van der Waals surface area contributed by atoms with E-state index >= 15 is 0 Å². The molecule has 3 aliphatic heterocycles. The SMILES string of the molecule is Clc1ccc(C2=NN3[C@@H](C2)c2cc(Br)ccc2OC32CCN(Cc3ccccc3)CC2)cc1. The van der Waals surface area contributed by atoms with E-state index in [1.807, 2.05) is 12.1 Å². The van der Waals surface area contributed by atoms with Gasteiger partial charge in [-0.2, -0.15) is 5.10 Å². The summed E-state index contributed by atoms with van der Waals surface area (Å²) in [5.74, 6) is 0.989. The normalized spacial score (nSPS) is 21.3. The second-order valence-corrected chi connectivity index (χ2v) is 10.5. The monoisotopic (exact) mass is 521 g/mol. The number of fused-ring (bicyclic) bond motifs is 4. The predicted octanol–water partition coefficient (Wildman–Crippen LogP) is 6.64. The van der Waals surface area contributed by atoms with Crippen LogP contribution in [-0.2, 0) is 6.54 Å². The highest BCUT2D eigenvalue weighted by molar-refractivity contribution is 9.10. The summed E-state index contributed by atoms with van der Waals surface area (Å²) in [6.07, 6.45) is 2.70. The molecule has 6 rings (SSSR count). The number of likely N-dealkylation sites (tertiary alicyclic amines) is 1. The van der Waals surface area contributed by atoms with E-state index < -0.39 is 5.72 Å². The molecule has 0 saturated carbocycles. The minimum absolute atomic E-state index is 0.178. The van der Waals surface area contributed by atoms with Crippen molar-refractivity contribution in [2.24, 2.45) is 5.10 Å². The summed E-state index contributed by atoms with van der Waals surface area (Å²) in [6, 6.07) is 25.3. The van der Waals surface area contributed by atoms with Gasteiger partial charge in [0.15, 0.2) is 0 Å². The fourth-order valence-electron chi connectivity index (χ4n) is 5.30. The van der Waals surface area contributed by atoms with Crippen LogP contribution in [-0.4, -0.2) is 34.4 Å². The van der Waals surface area contributed by atoms with Crippen molar-refractivity contribution in [3.8, 4) is 5.75 Å². The molecule has 33 heavy (non-hydrogen) atoms. The number of hydrogen-bond acceptors (Lipinski definition) is 4. The molecule has 1 fully saturated rings. The maximum absolute atomic E-state index is 6.78. The Bertz CT molecular complexity index is 1190. The molecule has 0 amide bonds.